The molecule has 0 heteroatoms. The van der Waals surface area contributed by atoms with Crippen molar-refractivity contribution < 1.29 is 0 Å². The molecule has 7 heavy (non-hydrogen) atoms. The first-order valence-corrected chi connectivity index (χ1v) is 3.21. The van der Waals surface area contributed by atoms with Crippen LogP contribution in [0.3, 0.4) is 0 Å². The van der Waals surface area contributed by atoms with Crippen molar-refractivity contribution in [1.82, 2.24) is 0 Å². The highest BCUT2D eigenvalue weighted by atomic mass is 14.5. The molecule has 0 aromatic carbocycles. The predicted octanol–water partition coefficient (Wildman–Crippen LogP) is 1.87. The molecular formula is C7H11. The van der Waals surface area contributed by atoms with Crippen LogP contribution < -0.4 is 0 Å². The Hall–Kier alpha value is 0. The van der Waals surface area contributed by atoms with Gasteiger partial charge in [-0.15, -0.1) is 0 Å². The summed E-state index contributed by atoms with van der Waals surface area (Å²) in [6.07, 6.45) is 5.53. The third kappa shape index (κ3) is 0.490. The Morgan fingerprint density at radius 3 is 2.57 bits per heavy atom. The lowest BCUT2D eigenvalue weighted by Gasteiger charge is -1.98. The summed E-state index contributed by atoms with van der Waals surface area (Å²) in [5.74, 6) is 3.15. The summed E-state index contributed by atoms with van der Waals surface area (Å²) < 4.78 is 0. The van der Waals surface area contributed by atoms with E-state index in [2.05, 4.69) is 13.3 Å². The lowest BCUT2D eigenvalue weighted by Crippen LogP contribution is -1.87. The summed E-state index contributed by atoms with van der Waals surface area (Å²) in [6.45, 7) is 2.33. The normalized spacial score (nSPS) is 57.0. The molecular weight excluding hydrogens is 84.1 g/mol. The van der Waals surface area contributed by atoms with Gasteiger partial charge in [-0.3, -0.25) is 0 Å². The molecule has 1 radical (unpaired) electrons. The van der Waals surface area contributed by atoms with Gasteiger partial charge < -0.3 is 0 Å². The van der Waals surface area contributed by atoms with Crippen LogP contribution in [0.4, 0.5) is 0 Å². The van der Waals surface area contributed by atoms with Crippen LogP contribution in [0, 0.1) is 24.2 Å². The highest BCUT2D eigenvalue weighted by Crippen LogP contribution is 2.53. The van der Waals surface area contributed by atoms with Gasteiger partial charge in [0.1, 0.15) is 0 Å². The summed E-state index contributed by atoms with van der Waals surface area (Å²) in [4.78, 5) is 0. The molecule has 2 rings (SSSR count). The quantitative estimate of drug-likeness (QED) is 0.431. The summed E-state index contributed by atoms with van der Waals surface area (Å²) in [6, 6.07) is 0. The molecule has 2 saturated carbocycles. The number of hydrogen-bond acceptors (Lipinski definition) is 0. The minimum Gasteiger partial charge on any atom is -0.0622 e. The zero-order chi connectivity index (χ0) is 4.85. The summed E-state index contributed by atoms with van der Waals surface area (Å²) in [5, 5.41) is 0. The number of rotatable bonds is 0. The van der Waals surface area contributed by atoms with E-state index in [9.17, 15) is 0 Å². The van der Waals surface area contributed by atoms with E-state index in [1.807, 2.05) is 0 Å². The second kappa shape index (κ2) is 1.04. The van der Waals surface area contributed by atoms with Gasteiger partial charge in [0.15, 0.2) is 0 Å². The summed E-state index contributed by atoms with van der Waals surface area (Å²) >= 11 is 0. The van der Waals surface area contributed by atoms with Crippen LogP contribution in [-0.2, 0) is 0 Å². The molecule has 0 saturated heterocycles. The van der Waals surface area contributed by atoms with Crippen LogP contribution in [-0.4, -0.2) is 0 Å². The zero-order valence-corrected chi connectivity index (χ0v) is 4.72. The molecule has 0 aliphatic heterocycles. The van der Waals surface area contributed by atoms with E-state index >= 15 is 0 Å². The maximum Gasteiger partial charge on any atom is -0.0323 e. The van der Waals surface area contributed by atoms with Crippen molar-refractivity contribution >= 4 is 0 Å². The average molecular weight is 95.2 g/mol. The highest BCUT2D eigenvalue weighted by Gasteiger charge is 2.44. The van der Waals surface area contributed by atoms with E-state index in [1.54, 1.807) is 0 Å². The number of fused-ring (bicyclic) bond motifs is 1. The van der Waals surface area contributed by atoms with Crippen molar-refractivity contribution in [2.45, 2.75) is 19.8 Å². The predicted molar refractivity (Wildman–Crippen MR) is 29.7 cm³/mol. The second-order valence-corrected chi connectivity index (χ2v) is 3.07. The van der Waals surface area contributed by atoms with Gasteiger partial charge in [-0.1, -0.05) is 6.92 Å². The van der Waals surface area contributed by atoms with E-state index < -0.39 is 0 Å². The van der Waals surface area contributed by atoms with Gasteiger partial charge >= 0.3 is 0 Å². The van der Waals surface area contributed by atoms with E-state index in [0.29, 0.717) is 0 Å². The van der Waals surface area contributed by atoms with Gasteiger partial charge in [-0.2, -0.15) is 0 Å². The first kappa shape index (κ1) is 3.94. The Bertz CT molecular complexity index is 76.0. The smallest absolute Gasteiger partial charge is 0.0323 e. The molecule has 2 aliphatic carbocycles. The summed E-state index contributed by atoms with van der Waals surface area (Å²) in [7, 11) is 0. The molecule has 0 N–H and O–H groups in total. The Morgan fingerprint density at radius 1 is 1.43 bits per heavy atom. The fourth-order valence-corrected chi connectivity index (χ4v) is 1.76. The molecule has 2 fully saturated rings. The standard InChI is InChI=1S/C7H11/c1-5-2-6-4-7(6)3-5/h2,5-7H,3-4H2,1H3. The van der Waals surface area contributed by atoms with Gasteiger partial charge in [0.2, 0.25) is 0 Å². The molecule has 3 atom stereocenters. The minimum atomic E-state index is 0.948. The molecule has 2 aliphatic rings. The maximum absolute atomic E-state index is 2.52. The van der Waals surface area contributed by atoms with E-state index in [0.717, 1.165) is 17.8 Å². The van der Waals surface area contributed by atoms with Crippen LogP contribution in [0.5, 0.6) is 0 Å². The van der Waals surface area contributed by atoms with Crippen molar-refractivity contribution in [3.8, 4) is 0 Å². The molecule has 0 spiro atoms. The van der Waals surface area contributed by atoms with Crippen molar-refractivity contribution in [3.63, 3.8) is 0 Å². The Balaban J connectivity index is 2.02. The largest absolute Gasteiger partial charge is 0.0622 e. The van der Waals surface area contributed by atoms with Gasteiger partial charge in [0, 0.05) is 0 Å². The van der Waals surface area contributed by atoms with E-state index in [4.69, 9.17) is 0 Å². The average Bonchev–Trinajstić information content (AvgIpc) is 2.15. The van der Waals surface area contributed by atoms with Crippen molar-refractivity contribution in [2.24, 2.45) is 17.8 Å². The van der Waals surface area contributed by atoms with Crippen LogP contribution in [0.2, 0.25) is 0 Å². The molecule has 0 heterocycles. The molecule has 3 unspecified atom stereocenters. The fourth-order valence-electron chi connectivity index (χ4n) is 1.76. The maximum atomic E-state index is 2.52. The Morgan fingerprint density at radius 2 is 2.29 bits per heavy atom. The van der Waals surface area contributed by atoms with Crippen molar-refractivity contribution in [2.75, 3.05) is 0 Å². The SMILES string of the molecule is CC1[CH]C2CC2C1. The Labute approximate surface area is 44.9 Å². The van der Waals surface area contributed by atoms with Crippen LogP contribution in [0.15, 0.2) is 0 Å². The van der Waals surface area contributed by atoms with Gasteiger partial charge in [0.25, 0.3) is 0 Å². The third-order valence-electron chi connectivity index (χ3n) is 2.23. The monoisotopic (exact) mass is 95.1 g/mol. The van der Waals surface area contributed by atoms with E-state index in [-0.39, 0.29) is 0 Å². The first-order chi connectivity index (χ1) is 3.36. The molecule has 0 aromatic rings. The van der Waals surface area contributed by atoms with E-state index in [1.165, 1.54) is 12.8 Å². The fraction of sp³-hybridized carbons (Fsp3) is 0.857. The summed E-state index contributed by atoms with van der Waals surface area (Å²) in [5.41, 5.74) is 0. The molecule has 0 amide bonds. The van der Waals surface area contributed by atoms with Gasteiger partial charge in [0.05, 0.1) is 0 Å². The molecule has 0 aromatic heterocycles. The van der Waals surface area contributed by atoms with Crippen molar-refractivity contribution in [3.05, 3.63) is 6.42 Å². The Kier molecular flexibility index (Phi) is 0.586. The zero-order valence-electron chi connectivity index (χ0n) is 4.72. The number of hydrogen-bond donors (Lipinski definition) is 0. The lowest BCUT2D eigenvalue weighted by atomic mass is 10.1. The minimum absolute atomic E-state index is 0.948. The van der Waals surface area contributed by atoms with Gasteiger partial charge in [-0.25, -0.2) is 0 Å². The third-order valence-corrected chi connectivity index (χ3v) is 2.23. The van der Waals surface area contributed by atoms with Gasteiger partial charge in [-0.05, 0) is 37.0 Å². The van der Waals surface area contributed by atoms with Crippen LogP contribution in [0.1, 0.15) is 19.8 Å². The van der Waals surface area contributed by atoms with Crippen LogP contribution >= 0.6 is 0 Å². The lowest BCUT2D eigenvalue weighted by molar-refractivity contribution is 0.617. The molecule has 0 bridgehead atoms. The first-order valence-electron chi connectivity index (χ1n) is 3.21. The van der Waals surface area contributed by atoms with Crippen molar-refractivity contribution in [1.29, 1.82) is 0 Å². The van der Waals surface area contributed by atoms with Crippen LogP contribution in [0.25, 0.3) is 0 Å². The highest BCUT2D eigenvalue weighted by molar-refractivity contribution is 5.05. The second-order valence-electron chi connectivity index (χ2n) is 3.07. The molecule has 0 nitrogen and oxygen atoms in total. The molecule has 39 valence electrons. The topological polar surface area (TPSA) is 0 Å².